The SMILES string of the molecule is CC(=O)c1cccc2[nH]c(C(C)C)c(Cl)c12. The monoisotopic (exact) mass is 235 g/mol. The number of H-pyrrole nitrogens is 1. The first-order chi connectivity index (χ1) is 7.52. The fourth-order valence-electron chi connectivity index (χ4n) is 1.92. The van der Waals surface area contributed by atoms with Crippen LogP contribution in [0.2, 0.25) is 5.02 Å². The third-order valence-electron chi connectivity index (χ3n) is 2.75. The largest absolute Gasteiger partial charge is 0.357 e. The van der Waals surface area contributed by atoms with E-state index < -0.39 is 0 Å². The molecule has 3 heteroatoms. The van der Waals surface area contributed by atoms with Crippen molar-refractivity contribution >= 4 is 28.3 Å². The highest BCUT2D eigenvalue weighted by atomic mass is 35.5. The van der Waals surface area contributed by atoms with Crippen LogP contribution in [-0.2, 0) is 0 Å². The lowest BCUT2D eigenvalue weighted by molar-refractivity contribution is 0.101. The number of rotatable bonds is 2. The topological polar surface area (TPSA) is 32.9 Å². The highest BCUT2D eigenvalue weighted by Crippen LogP contribution is 2.34. The Kier molecular flexibility index (Phi) is 2.76. The number of hydrogen-bond acceptors (Lipinski definition) is 1. The molecule has 0 fully saturated rings. The van der Waals surface area contributed by atoms with Gasteiger partial charge in [0.05, 0.1) is 5.02 Å². The third-order valence-corrected chi connectivity index (χ3v) is 3.14. The number of benzene rings is 1. The maximum Gasteiger partial charge on any atom is 0.160 e. The van der Waals surface area contributed by atoms with Crippen LogP contribution in [0.25, 0.3) is 10.9 Å². The van der Waals surface area contributed by atoms with E-state index in [1.54, 1.807) is 6.92 Å². The minimum Gasteiger partial charge on any atom is -0.357 e. The van der Waals surface area contributed by atoms with Crippen molar-refractivity contribution in [2.24, 2.45) is 0 Å². The summed E-state index contributed by atoms with van der Waals surface area (Å²) in [4.78, 5) is 14.8. The number of ketones is 1. The predicted octanol–water partition coefficient (Wildman–Crippen LogP) is 4.15. The van der Waals surface area contributed by atoms with Crippen molar-refractivity contribution in [3.05, 3.63) is 34.5 Å². The fraction of sp³-hybridized carbons (Fsp3) is 0.308. The third kappa shape index (κ3) is 1.63. The lowest BCUT2D eigenvalue weighted by atomic mass is 10.1. The van der Waals surface area contributed by atoms with E-state index in [-0.39, 0.29) is 5.78 Å². The van der Waals surface area contributed by atoms with Gasteiger partial charge in [-0.25, -0.2) is 0 Å². The van der Waals surface area contributed by atoms with E-state index in [0.717, 1.165) is 16.6 Å². The van der Waals surface area contributed by atoms with Crippen LogP contribution in [0.5, 0.6) is 0 Å². The van der Waals surface area contributed by atoms with Crippen LogP contribution in [0.15, 0.2) is 18.2 Å². The first kappa shape index (κ1) is 11.2. The first-order valence-electron chi connectivity index (χ1n) is 5.33. The Morgan fingerprint density at radius 1 is 1.38 bits per heavy atom. The smallest absolute Gasteiger partial charge is 0.160 e. The summed E-state index contributed by atoms with van der Waals surface area (Å²) in [6.45, 7) is 5.71. The summed E-state index contributed by atoms with van der Waals surface area (Å²) in [5, 5.41) is 1.52. The lowest BCUT2D eigenvalue weighted by Crippen LogP contribution is -1.92. The predicted molar refractivity (Wildman–Crippen MR) is 67.4 cm³/mol. The van der Waals surface area contributed by atoms with Gasteiger partial charge >= 0.3 is 0 Å². The molecule has 0 atom stereocenters. The van der Waals surface area contributed by atoms with Gasteiger partial charge in [-0.1, -0.05) is 37.6 Å². The number of hydrogen-bond donors (Lipinski definition) is 1. The molecule has 0 amide bonds. The summed E-state index contributed by atoms with van der Waals surface area (Å²) in [6, 6.07) is 5.63. The molecular weight excluding hydrogens is 222 g/mol. The average Bonchev–Trinajstić information content (AvgIpc) is 2.56. The Morgan fingerprint density at radius 2 is 2.06 bits per heavy atom. The molecule has 0 aliphatic heterocycles. The molecule has 0 spiro atoms. The molecule has 2 rings (SSSR count). The fourth-order valence-corrected chi connectivity index (χ4v) is 2.39. The van der Waals surface area contributed by atoms with Gasteiger partial charge in [-0.15, -0.1) is 0 Å². The van der Waals surface area contributed by atoms with Crippen LogP contribution >= 0.6 is 11.6 Å². The normalized spacial score (nSPS) is 11.3. The number of halogens is 1. The number of carbonyl (C=O) groups excluding carboxylic acids is 1. The van der Waals surface area contributed by atoms with Gasteiger partial charge in [-0.05, 0) is 18.9 Å². The molecule has 1 heterocycles. The summed E-state index contributed by atoms with van der Waals surface area (Å²) in [5.74, 6) is 0.363. The Morgan fingerprint density at radius 3 is 2.62 bits per heavy atom. The van der Waals surface area contributed by atoms with E-state index in [0.29, 0.717) is 16.5 Å². The molecule has 0 aliphatic carbocycles. The number of aromatic amines is 1. The molecule has 0 saturated heterocycles. The minimum absolute atomic E-state index is 0.0433. The van der Waals surface area contributed by atoms with Gasteiger partial charge in [0.2, 0.25) is 0 Å². The van der Waals surface area contributed by atoms with Gasteiger partial charge < -0.3 is 4.98 Å². The molecule has 0 saturated carbocycles. The summed E-state index contributed by atoms with van der Waals surface area (Å²) < 4.78 is 0. The summed E-state index contributed by atoms with van der Waals surface area (Å²) in [7, 11) is 0. The van der Waals surface area contributed by atoms with Gasteiger partial charge in [0.15, 0.2) is 5.78 Å². The molecule has 0 bridgehead atoms. The van der Waals surface area contributed by atoms with Crippen LogP contribution in [0.3, 0.4) is 0 Å². The molecule has 84 valence electrons. The minimum atomic E-state index is 0.0433. The highest BCUT2D eigenvalue weighted by Gasteiger charge is 2.16. The average molecular weight is 236 g/mol. The molecule has 1 aromatic heterocycles. The van der Waals surface area contributed by atoms with Gasteiger partial charge in [-0.3, -0.25) is 4.79 Å². The van der Waals surface area contributed by atoms with Crippen LogP contribution in [0.1, 0.15) is 42.7 Å². The van der Waals surface area contributed by atoms with Crippen molar-refractivity contribution < 1.29 is 4.79 Å². The van der Waals surface area contributed by atoms with Crippen molar-refractivity contribution in [2.45, 2.75) is 26.7 Å². The molecular formula is C13H14ClNO. The second kappa shape index (κ2) is 3.95. The van der Waals surface area contributed by atoms with E-state index in [1.165, 1.54) is 0 Å². The summed E-state index contributed by atoms with van der Waals surface area (Å²) >= 11 is 6.32. The van der Waals surface area contributed by atoms with Crippen molar-refractivity contribution in [1.29, 1.82) is 0 Å². The molecule has 0 radical (unpaired) electrons. The second-order valence-corrected chi connectivity index (χ2v) is 4.67. The zero-order chi connectivity index (χ0) is 11.9. The molecule has 0 unspecified atom stereocenters. The highest BCUT2D eigenvalue weighted by molar-refractivity contribution is 6.37. The molecule has 16 heavy (non-hydrogen) atoms. The number of aromatic nitrogens is 1. The second-order valence-electron chi connectivity index (χ2n) is 4.29. The zero-order valence-electron chi connectivity index (χ0n) is 9.60. The molecule has 2 nitrogen and oxygen atoms in total. The van der Waals surface area contributed by atoms with Crippen LogP contribution in [-0.4, -0.2) is 10.8 Å². The number of Topliss-reactive ketones (excluding diaryl/α,β-unsaturated/α-hetero) is 1. The van der Waals surface area contributed by atoms with Crippen molar-refractivity contribution in [1.82, 2.24) is 4.98 Å². The van der Waals surface area contributed by atoms with Crippen molar-refractivity contribution in [3.8, 4) is 0 Å². The Hall–Kier alpha value is -1.28. The van der Waals surface area contributed by atoms with E-state index in [1.807, 2.05) is 18.2 Å². The molecule has 2 aromatic rings. The van der Waals surface area contributed by atoms with Crippen molar-refractivity contribution in [3.63, 3.8) is 0 Å². The van der Waals surface area contributed by atoms with E-state index in [4.69, 9.17) is 11.6 Å². The number of nitrogens with one attached hydrogen (secondary N) is 1. The van der Waals surface area contributed by atoms with Gasteiger partial charge in [-0.2, -0.15) is 0 Å². The van der Waals surface area contributed by atoms with Crippen LogP contribution in [0.4, 0.5) is 0 Å². The zero-order valence-corrected chi connectivity index (χ0v) is 10.4. The van der Waals surface area contributed by atoms with E-state index >= 15 is 0 Å². The van der Waals surface area contributed by atoms with Gasteiger partial charge in [0.1, 0.15) is 0 Å². The Labute approximate surface area is 99.6 Å². The van der Waals surface area contributed by atoms with E-state index in [9.17, 15) is 4.79 Å². The van der Waals surface area contributed by atoms with Crippen LogP contribution in [0, 0.1) is 0 Å². The quantitative estimate of drug-likeness (QED) is 0.780. The van der Waals surface area contributed by atoms with Gasteiger partial charge in [0, 0.05) is 22.2 Å². The van der Waals surface area contributed by atoms with Crippen molar-refractivity contribution in [2.75, 3.05) is 0 Å². The van der Waals surface area contributed by atoms with Crippen LogP contribution < -0.4 is 0 Å². The number of fused-ring (bicyclic) bond motifs is 1. The number of carbonyl (C=O) groups is 1. The maximum atomic E-state index is 11.5. The van der Waals surface area contributed by atoms with Gasteiger partial charge in [0.25, 0.3) is 0 Å². The first-order valence-corrected chi connectivity index (χ1v) is 5.71. The Balaban J connectivity index is 2.82. The molecule has 0 aliphatic rings. The van der Waals surface area contributed by atoms with E-state index in [2.05, 4.69) is 18.8 Å². The standard InChI is InChI=1S/C13H14ClNO/c1-7(2)13-12(14)11-9(8(3)16)5-4-6-10(11)15-13/h4-7,15H,1-3H3. The summed E-state index contributed by atoms with van der Waals surface area (Å²) in [5.41, 5.74) is 2.61. The Bertz CT molecular complexity index is 554. The molecule has 1 aromatic carbocycles. The maximum absolute atomic E-state index is 11.5. The lowest BCUT2D eigenvalue weighted by Gasteiger charge is -2.01. The molecule has 1 N–H and O–H groups in total. The summed E-state index contributed by atoms with van der Waals surface area (Å²) in [6.07, 6.45) is 0.